The molecule has 19 heavy (non-hydrogen) atoms. The highest BCUT2D eigenvalue weighted by molar-refractivity contribution is 5.37. The van der Waals surface area contributed by atoms with Crippen LogP contribution < -0.4 is 10.5 Å². The molecule has 1 aliphatic heterocycles. The maximum atomic E-state index is 6.00. The molecule has 2 N–H and O–H groups in total. The summed E-state index contributed by atoms with van der Waals surface area (Å²) in [5.74, 6) is 0.979. The van der Waals surface area contributed by atoms with Crippen molar-refractivity contribution >= 4 is 0 Å². The lowest BCUT2D eigenvalue weighted by Crippen LogP contribution is -2.29. The van der Waals surface area contributed by atoms with E-state index in [4.69, 9.17) is 10.5 Å². The van der Waals surface area contributed by atoms with Crippen LogP contribution >= 0.6 is 0 Å². The summed E-state index contributed by atoms with van der Waals surface area (Å²) in [6.07, 6.45) is 2.93. The van der Waals surface area contributed by atoms with E-state index < -0.39 is 5.54 Å². The van der Waals surface area contributed by atoms with Crippen molar-refractivity contribution in [1.82, 2.24) is 15.0 Å². The van der Waals surface area contributed by atoms with Crippen LogP contribution in [0.25, 0.3) is 0 Å². The average Bonchev–Trinajstić information content (AvgIpc) is 2.94. The Morgan fingerprint density at radius 1 is 1.42 bits per heavy atom. The molecule has 0 bridgehead atoms. The van der Waals surface area contributed by atoms with Crippen LogP contribution in [0.4, 0.5) is 0 Å². The maximum Gasteiger partial charge on any atom is 0.123 e. The van der Waals surface area contributed by atoms with Gasteiger partial charge in [0.25, 0.3) is 0 Å². The predicted molar refractivity (Wildman–Crippen MR) is 71.8 cm³/mol. The number of ether oxygens (including phenoxy) is 1. The van der Waals surface area contributed by atoms with Crippen LogP contribution in [0.1, 0.15) is 25.1 Å². The lowest BCUT2D eigenvalue weighted by atomic mass is 10.0. The number of rotatable bonds is 3. The van der Waals surface area contributed by atoms with E-state index in [1.165, 1.54) is 5.56 Å². The second-order valence-electron chi connectivity index (χ2n) is 5.60. The van der Waals surface area contributed by atoms with E-state index in [2.05, 4.69) is 16.4 Å². The van der Waals surface area contributed by atoms with E-state index in [0.29, 0.717) is 6.54 Å². The van der Waals surface area contributed by atoms with E-state index in [0.717, 1.165) is 17.9 Å². The van der Waals surface area contributed by atoms with E-state index in [1.807, 2.05) is 38.2 Å². The molecule has 0 aliphatic carbocycles. The van der Waals surface area contributed by atoms with Gasteiger partial charge < -0.3 is 10.5 Å². The van der Waals surface area contributed by atoms with Crippen LogP contribution in [0.5, 0.6) is 5.75 Å². The number of fused-ring (bicyclic) bond motifs is 1. The second-order valence-corrected chi connectivity index (χ2v) is 5.60. The molecule has 1 atom stereocenters. The van der Waals surface area contributed by atoms with Crippen molar-refractivity contribution in [1.29, 1.82) is 0 Å². The van der Waals surface area contributed by atoms with E-state index in [1.54, 1.807) is 4.68 Å². The quantitative estimate of drug-likeness (QED) is 0.905. The van der Waals surface area contributed by atoms with Gasteiger partial charge in [0.15, 0.2) is 0 Å². The first kappa shape index (κ1) is 12.2. The summed E-state index contributed by atoms with van der Waals surface area (Å²) in [5.41, 5.74) is 7.59. The highest BCUT2D eigenvalue weighted by atomic mass is 16.5. The molecular weight excluding hydrogens is 240 g/mol. The maximum absolute atomic E-state index is 6.00. The van der Waals surface area contributed by atoms with Gasteiger partial charge in [0.1, 0.15) is 17.5 Å². The number of nitrogens with zero attached hydrogens (tertiary/aromatic N) is 3. The van der Waals surface area contributed by atoms with Gasteiger partial charge in [0.05, 0.1) is 18.3 Å². The van der Waals surface area contributed by atoms with Crippen LogP contribution in [0.15, 0.2) is 30.5 Å². The normalized spacial score (nSPS) is 18.2. The summed E-state index contributed by atoms with van der Waals surface area (Å²) in [4.78, 5) is 0. The van der Waals surface area contributed by atoms with Crippen LogP contribution in [-0.4, -0.2) is 21.1 Å². The predicted octanol–water partition coefficient (Wildman–Crippen LogP) is 1.48. The van der Waals surface area contributed by atoms with Crippen molar-refractivity contribution < 1.29 is 4.74 Å². The summed E-state index contributed by atoms with van der Waals surface area (Å²) in [6, 6.07) is 8.14. The van der Waals surface area contributed by atoms with Crippen molar-refractivity contribution in [2.75, 3.05) is 0 Å². The first-order valence-corrected chi connectivity index (χ1v) is 6.46. The van der Waals surface area contributed by atoms with Crippen molar-refractivity contribution in [3.05, 3.63) is 41.7 Å². The minimum Gasteiger partial charge on any atom is -0.488 e. The van der Waals surface area contributed by atoms with Gasteiger partial charge in [0, 0.05) is 6.42 Å². The fraction of sp³-hybridized carbons (Fsp3) is 0.429. The summed E-state index contributed by atoms with van der Waals surface area (Å²) in [6.45, 7) is 4.53. The van der Waals surface area contributed by atoms with Crippen LogP contribution in [0.3, 0.4) is 0 Å². The van der Waals surface area contributed by atoms with Crippen molar-refractivity contribution in [2.24, 2.45) is 5.73 Å². The third-order valence-corrected chi connectivity index (χ3v) is 3.30. The van der Waals surface area contributed by atoms with Crippen LogP contribution in [0, 0.1) is 0 Å². The van der Waals surface area contributed by atoms with Crippen LogP contribution in [-0.2, 0) is 18.5 Å². The van der Waals surface area contributed by atoms with Gasteiger partial charge >= 0.3 is 0 Å². The summed E-state index contributed by atoms with van der Waals surface area (Å²) in [5, 5.41) is 8.23. The molecular formula is C14H18N4O. The highest BCUT2D eigenvalue weighted by Gasteiger charge is 2.24. The number of nitrogens with two attached hydrogens (primary N) is 1. The summed E-state index contributed by atoms with van der Waals surface area (Å²) < 4.78 is 7.69. The third-order valence-electron chi connectivity index (χ3n) is 3.30. The molecule has 100 valence electrons. The minimum absolute atomic E-state index is 0.118. The largest absolute Gasteiger partial charge is 0.488 e. The third kappa shape index (κ3) is 2.46. The smallest absolute Gasteiger partial charge is 0.123 e. The lowest BCUT2D eigenvalue weighted by Gasteiger charge is -2.13. The zero-order valence-electron chi connectivity index (χ0n) is 11.2. The standard InChI is InChI=1S/C14H18N4O/c1-14(2,15)13-9-18(17-16-13)8-11-7-10-5-3-4-6-12(10)19-11/h3-6,9,11H,7-8,15H2,1-2H3. The molecule has 5 nitrogen and oxygen atoms in total. The zero-order chi connectivity index (χ0) is 13.5. The molecule has 0 radical (unpaired) electrons. The van der Waals surface area contributed by atoms with Gasteiger partial charge in [0.2, 0.25) is 0 Å². The zero-order valence-corrected chi connectivity index (χ0v) is 11.2. The van der Waals surface area contributed by atoms with Gasteiger partial charge in [-0.25, -0.2) is 4.68 Å². The van der Waals surface area contributed by atoms with Gasteiger partial charge in [-0.2, -0.15) is 0 Å². The van der Waals surface area contributed by atoms with E-state index in [-0.39, 0.29) is 6.10 Å². The van der Waals surface area contributed by atoms with Crippen molar-refractivity contribution in [3.8, 4) is 5.75 Å². The number of para-hydroxylation sites is 1. The average molecular weight is 258 g/mol. The number of hydrogen-bond acceptors (Lipinski definition) is 4. The SMILES string of the molecule is CC(C)(N)c1cn(CC2Cc3ccccc3O2)nn1. The molecule has 0 fully saturated rings. The minimum atomic E-state index is -0.461. The Labute approximate surface area is 112 Å². The van der Waals surface area contributed by atoms with Crippen molar-refractivity contribution in [2.45, 2.75) is 38.5 Å². The summed E-state index contributed by atoms with van der Waals surface area (Å²) >= 11 is 0. The Kier molecular flexibility index (Phi) is 2.78. The molecule has 0 amide bonds. The molecule has 3 rings (SSSR count). The Hall–Kier alpha value is -1.88. The van der Waals surface area contributed by atoms with E-state index in [9.17, 15) is 0 Å². The molecule has 2 aromatic rings. The van der Waals surface area contributed by atoms with Gasteiger partial charge in [-0.05, 0) is 25.5 Å². The molecule has 1 aliphatic rings. The molecule has 2 heterocycles. The molecule has 0 saturated carbocycles. The monoisotopic (exact) mass is 258 g/mol. The highest BCUT2D eigenvalue weighted by Crippen LogP contribution is 2.28. The first-order chi connectivity index (χ1) is 9.02. The summed E-state index contributed by atoms with van der Waals surface area (Å²) in [7, 11) is 0. The van der Waals surface area contributed by atoms with E-state index >= 15 is 0 Å². The Balaban J connectivity index is 1.70. The number of benzene rings is 1. The molecule has 1 unspecified atom stereocenters. The molecule has 5 heteroatoms. The Morgan fingerprint density at radius 3 is 2.89 bits per heavy atom. The van der Waals surface area contributed by atoms with Crippen molar-refractivity contribution in [3.63, 3.8) is 0 Å². The molecule has 1 aromatic heterocycles. The van der Waals surface area contributed by atoms with Gasteiger partial charge in [-0.15, -0.1) is 5.10 Å². The van der Waals surface area contributed by atoms with Gasteiger partial charge in [-0.1, -0.05) is 23.4 Å². The fourth-order valence-electron chi connectivity index (χ4n) is 2.25. The Morgan fingerprint density at radius 2 is 2.21 bits per heavy atom. The number of hydrogen-bond donors (Lipinski definition) is 1. The molecule has 0 saturated heterocycles. The lowest BCUT2D eigenvalue weighted by molar-refractivity contribution is 0.202. The second kappa shape index (κ2) is 4.35. The molecule has 0 spiro atoms. The van der Waals surface area contributed by atoms with Crippen LogP contribution in [0.2, 0.25) is 0 Å². The molecule has 1 aromatic carbocycles. The topological polar surface area (TPSA) is 66.0 Å². The Bertz CT molecular complexity index is 560. The fourth-order valence-corrected chi connectivity index (χ4v) is 2.25. The first-order valence-electron chi connectivity index (χ1n) is 6.46. The van der Waals surface area contributed by atoms with Gasteiger partial charge in [-0.3, -0.25) is 0 Å². The number of aromatic nitrogens is 3.